The topological polar surface area (TPSA) is 113 Å². The molecule has 2 amide bonds. The lowest BCUT2D eigenvalue weighted by atomic mass is 10.1. The van der Waals surface area contributed by atoms with Crippen molar-refractivity contribution in [2.24, 2.45) is 0 Å². The van der Waals surface area contributed by atoms with Gasteiger partial charge in [0.05, 0.1) is 32.0 Å². The second-order valence-electron chi connectivity index (χ2n) is 7.20. The van der Waals surface area contributed by atoms with Gasteiger partial charge in [-0.25, -0.2) is 9.59 Å². The molecule has 0 spiro atoms. The molecule has 0 aromatic heterocycles. The first-order chi connectivity index (χ1) is 15.9. The van der Waals surface area contributed by atoms with E-state index in [1.807, 2.05) is 20.8 Å². The van der Waals surface area contributed by atoms with E-state index in [2.05, 4.69) is 5.32 Å². The predicted octanol–water partition coefficient (Wildman–Crippen LogP) is 2.78. The Morgan fingerprint density at radius 3 is 1.97 bits per heavy atom. The summed E-state index contributed by atoms with van der Waals surface area (Å²) in [5.41, 5.74) is 0.195. The van der Waals surface area contributed by atoms with E-state index in [0.29, 0.717) is 69.6 Å². The number of nitrogens with zero attached hydrogens (tertiary/aromatic N) is 1. The van der Waals surface area contributed by atoms with E-state index in [9.17, 15) is 14.4 Å². The molecule has 1 aliphatic rings. The molecule has 33 heavy (non-hydrogen) atoms. The van der Waals surface area contributed by atoms with E-state index < -0.39 is 18.5 Å². The Bertz CT molecular complexity index is 779. The minimum Gasteiger partial charge on any atom is -0.490 e. The quantitative estimate of drug-likeness (QED) is 0.496. The van der Waals surface area contributed by atoms with E-state index in [0.717, 1.165) is 0 Å². The van der Waals surface area contributed by atoms with Gasteiger partial charge < -0.3 is 33.9 Å². The highest BCUT2D eigenvalue weighted by Crippen LogP contribution is 2.39. The van der Waals surface area contributed by atoms with Crippen molar-refractivity contribution in [1.29, 1.82) is 0 Å². The van der Waals surface area contributed by atoms with Gasteiger partial charge in [-0.2, -0.15) is 0 Å². The van der Waals surface area contributed by atoms with Crippen molar-refractivity contribution in [3.05, 3.63) is 17.7 Å². The summed E-state index contributed by atoms with van der Waals surface area (Å²) in [7, 11) is 0. The molecule has 1 N–H and O–H groups in total. The Morgan fingerprint density at radius 1 is 0.879 bits per heavy atom. The van der Waals surface area contributed by atoms with Crippen molar-refractivity contribution < 1.29 is 38.1 Å². The first-order valence-electron chi connectivity index (χ1n) is 11.4. The van der Waals surface area contributed by atoms with Gasteiger partial charge >= 0.3 is 12.1 Å². The van der Waals surface area contributed by atoms with Crippen LogP contribution in [0, 0.1) is 0 Å². The summed E-state index contributed by atoms with van der Waals surface area (Å²) < 4.78 is 27.0. The van der Waals surface area contributed by atoms with Gasteiger partial charge in [0.15, 0.2) is 18.1 Å². The number of piperidine rings is 1. The Morgan fingerprint density at radius 2 is 1.45 bits per heavy atom. The first-order valence-corrected chi connectivity index (χ1v) is 11.4. The molecule has 0 aliphatic carbocycles. The number of benzene rings is 1. The summed E-state index contributed by atoms with van der Waals surface area (Å²) in [6.07, 6.45) is 0.865. The van der Waals surface area contributed by atoms with Crippen molar-refractivity contribution >= 4 is 18.0 Å². The van der Waals surface area contributed by atoms with Crippen LogP contribution in [0.25, 0.3) is 0 Å². The Balaban J connectivity index is 1.93. The Hall–Kier alpha value is -3.17. The summed E-state index contributed by atoms with van der Waals surface area (Å²) >= 11 is 0. The second-order valence-corrected chi connectivity index (χ2v) is 7.20. The van der Waals surface area contributed by atoms with E-state index in [1.165, 1.54) is 12.1 Å². The zero-order chi connectivity index (χ0) is 24.2. The third-order valence-corrected chi connectivity index (χ3v) is 4.87. The van der Waals surface area contributed by atoms with Gasteiger partial charge in [0.25, 0.3) is 5.91 Å². The van der Waals surface area contributed by atoms with E-state index in [-0.39, 0.29) is 17.7 Å². The lowest BCUT2D eigenvalue weighted by molar-refractivity contribution is -0.125. The molecule has 1 saturated heterocycles. The van der Waals surface area contributed by atoms with Gasteiger partial charge in [0.1, 0.15) is 0 Å². The number of carbonyl (C=O) groups is 3. The summed E-state index contributed by atoms with van der Waals surface area (Å²) in [6, 6.07) is 2.94. The van der Waals surface area contributed by atoms with Gasteiger partial charge in [-0.15, -0.1) is 0 Å². The molecule has 10 nitrogen and oxygen atoms in total. The van der Waals surface area contributed by atoms with Crippen LogP contribution >= 0.6 is 0 Å². The van der Waals surface area contributed by atoms with Crippen molar-refractivity contribution in [2.75, 3.05) is 46.1 Å². The zero-order valence-electron chi connectivity index (χ0n) is 19.8. The van der Waals surface area contributed by atoms with Gasteiger partial charge in [0, 0.05) is 19.1 Å². The summed E-state index contributed by atoms with van der Waals surface area (Å²) in [5, 5.41) is 2.84. The van der Waals surface area contributed by atoms with Crippen LogP contribution in [0.2, 0.25) is 0 Å². The molecule has 184 valence electrons. The fourth-order valence-corrected chi connectivity index (χ4v) is 3.41. The molecule has 1 aromatic carbocycles. The normalized spacial score (nSPS) is 13.8. The van der Waals surface area contributed by atoms with Crippen LogP contribution in [0.1, 0.15) is 50.9 Å². The molecule has 0 bridgehead atoms. The highest BCUT2D eigenvalue weighted by Gasteiger charge is 2.25. The fourth-order valence-electron chi connectivity index (χ4n) is 3.41. The Kier molecular flexibility index (Phi) is 10.6. The molecule has 0 atom stereocenters. The van der Waals surface area contributed by atoms with Crippen molar-refractivity contribution in [1.82, 2.24) is 10.2 Å². The highest BCUT2D eigenvalue weighted by molar-refractivity contribution is 5.92. The number of esters is 1. The maximum absolute atomic E-state index is 12.6. The molecule has 2 rings (SSSR count). The number of likely N-dealkylation sites (tertiary alicyclic amines) is 1. The fraction of sp³-hybridized carbons (Fsp3) is 0.609. The number of carbonyl (C=O) groups excluding carboxylic acids is 3. The lowest BCUT2D eigenvalue weighted by Crippen LogP contribution is -2.47. The predicted molar refractivity (Wildman–Crippen MR) is 120 cm³/mol. The molecule has 10 heteroatoms. The average Bonchev–Trinajstić information content (AvgIpc) is 2.80. The first kappa shape index (κ1) is 26.1. The number of ether oxygens (including phenoxy) is 5. The maximum atomic E-state index is 12.6. The molecule has 0 radical (unpaired) electrons. The monoisotopic (exact) mass is 466 g/mol. The number of hydrogen-bond donors (Lipinski definition) is 1. The van der Waals surface area contributed by atoms with Gasteiger partial charge in [0.2, 0.25) is 5.75 Å². The lowest BCUT2D eigenvalue weighted by Gasteiger charge is -2.31. The molecule has 1 heterocycles. The van der Waals surface area contributed by atoms with Crippen molar-refractivity contribution in [3.8, 4) is 17.2 Å². The summed E-state index contributed by atoms with van der Waals surface area (Å²) in [4.78, 5) is 38.2. The van der Waals surface area contributed by atoms with Crippen LogP contribution < -0.4 is 19.5 Å². The highest BCUT2D eigenvalue weighted by atomic mass is 16.6. The second kappa shape index (κ2) is 13.4. The van der Waals surface area contributed by atoms with Gasteiger partial charge in [-0.1, -0.05) is 0 Å². The molecule has 1 aromatic rings. The van der Waals surface area contributed by atoms with Crippen LogP contribution in [0.4, 0.5) is 4.79 Å². The molecular formula is C23H34N2O8. The average molecular weight is 467 g/mol. The Labute approximate surface area is 194 Å². The summed E-state index contributed by atoms with van der Waals surface area (Å²) in [5.74, 6) is 0.0842. The van der Waals surface area contributed by atoms with Crippen LogP contribution in [-0.2, 0) is 14.3 Å². The van der Waals surface area contributed by atoms with Crippen LogP contribution in [0.15, 0.2) is 12.1 Å². The molecule has 0 unspecified atom stereocenters. The van der Waals surface area contributed by atoms with Crippen LogP contribution in [0.3, 0.4) is 0 Å². The SMILES string of the molecule is CCOC(=O)N1CCC(NC(=O)COC(=O)c2cc(OCC)c(OCC)c(OCC)c2)CC1. The third-order valence-electron chi connectivity index (χ3n) is 4.87. The van der Waals surface area contributed by atoms with E-state index >= 15 is 0 Å². The van der Waals surface area contributed by atoms with Crippen LogP contribution in [-0.4, -0.2) is 75.0 Å². The molecule has 0 saturated carbocycles. The smallest absolute Gasteiger partial charge is 0.409 e. The standard InChI is InChI=1S/C23H34N2O8/c1-5-29-18-13-16(14-19(30-6-2)21(18)31-7-3)22(27)33-15-20(26)24-17-9-11-25(12-10-17)23(28)32-8-4/h13-14,17H,5-12,15H2,1-4H3,(H,24,26). The number of amides is 2. The number of hydrogen-bond acceptors (Lipinski definition) is 8. The largest absolute Gasteiger partial charge is 0.490 e. The number of nitrogens with one attached hydrogen (secondary N) is 1. The van der Waals surface area contributed by atoms with Gasteiger partial charge in [-0.05, 0) is 52.7 Å². The molecular weight excluding hydrogens is 432 g/mol. The third kappa shape index (κ3) is 7.73. The van der Waals surface area contributed by atoms with Crippen molar-refractivity contribution in [3.63, 3.8) is 0 Å². The van der Waals surface area contributed by atoms with Gasteiger partial charge in [-0.3, -0.25) is 4.79 Å². The zero-order valence-corrected chi connectivity index (χ0v) is 19.8. The van der Waals surface area contributed by atoms with E-state index in [1.54, 1.807) is 11.8 Å². The van der Waals surface area contributed by atoms with E-state index in [4.69, 9.17) is 23.7 Å². The minimum absolute atomic E-state index is 0.0959. The maximum Gasteiger partial charge on any atom is 0.409 e. The molecule has 1 fully saturated rings. The molecule has 1 aliphatic heterocycles. The number of rotatable bonds is 11. The van der Waals surface area contributed by atoms with Crippen molar-refractivity contribution in [2.45, 2.75) is 46.6 Å². The summed E-state index contributed by atoms with van der Waals surface area (Å²) in [6.45, 7) is 9.30. The van der Waals surface area contributed by atoms with Crippen LogP contribution in [0.5, 0.6) is 17.2 Å². The minimum atomic E-state index is -0.674.